The second-order valence-corrected chi connectivity index (χ2v) is 0.848. The molecular weight excluding hydrogens is 182 g/mol. The number of hydrogen-bond donors (Lipinski definition) is 2. The molecule has 0 saturated heterocycles. The fourth-order valence-corrected chi connectivity index (χ4v) is 0. The molecule has 0 aromatic rings. The standard InChI is InChI=1S/Ca.H2O3Si.Zn.2H/c;1-4(2)3;;;/h;1-2H;;;/q+2;;;2*-1. The second-order valence-electron chi connectivity index (χ2n) is 0.283. The molecule has 30 valence electrons. The third-order valence-electron chi connectivity index (χ3n) is 0. The van der Waals surface area contributed by atoms with Crippen LogP contribution < -0.4 is 0 Å². The van der Waals surface area contributed by atoms with Gasteiger partial charge in [0.1, 0.15) is 0 Å². The van der Waals surface area contributed by atoms with E-state index in [4.69, 9.17) is 14.1 Å². The van der Waals surface area contributed by atoms with Gasteiger partial charge in [-0.25, -0.2) is 0 Å². The van der Waals surface area contributed by atoms with E-state index in [0.29, 0.717) is 0 Å². The molecule has 3 nitrogen and oxygen atoms in total. The smallest absolute Gasteiger partial charge is 1.00 e. The van der Waals surface area contributed by atoms with Gasteiger partial charge in [0.15, 0.2) is 0 Å². The van der Waals surface area contributed by atoms with E-state index in [2.05, 4.69) is 0 Å². The van der Waals surface area contributed by atoms with Crippen LogP contribution in [0.1, 0.15) is 2.85 Å². The molecule has 0 spiro atoms. The van der Waals surface area contributed by atoms with Gasteiger partial charge in [-0.15, -0.1) is 0 Å². The van der Waals surface area contributed by atoms with Crippen LogP contribution in [0.2, 0.25) is 0 Å². The molecule has 0 aromatic carbocycles. The van der Waals surface area contributed by atoms with Gasteiger partial charge in [0.2, 0.25) is 0 Å². The molecule has 0 radical (unpaired) electrons. The van der Waals surface area contributed by atoms with Crippen molar-refractivity contribution in [1.82, 2.24) is 0 Å². The van der Waals surface area contributed by atoms with E-state index in [1.54, 1.807) is 0 Å². The van der Waals surface area contributed by atoms with Gasteiger partial charge in [-0.05, 0) is 0 Å². The molecule has 0 unspecified atom stereocenters. The maximum atomic E-state index is 8.74. The fraction of sp³-hybridized carbons (Fsp3) is 0. The van der Waals surface area contributed by atoms with Crippen LogP contribution in [-0.4, -0.2) is 56.5 Å². The molecule has 6 heavy (non-hydrogen) atoms. The van der Waals surface area contributed by atoms with Crippen molar-refractivity contribution in [3.8, 4) is 0 Å². The minimum absolute atomic E-state index is 0. The third-order valence-corrected chi connectivity index (χ3v) is 0. The first-order chi connectivity index (χ1) is 1.73. The Morgan fingerprint density at radius 1 is 1.50 bits per heavy atom. The van der Waals surface area contributed by atoms with Gasteiger partial charge in [0, 0.05) is 19.5 Å². The zero-order chi connectivity index (χ0) is 3.58. The molecule has 0 atom stereocenters. The average Bonchev–Trinajstić information content (AvgIpc) is 0.811. The molecule has 0 bridgehead atoms. The van der Waals surface area contributed by atoms with Gasteiger partial charge in [0.25, 0.3) is 0 Å². The van der Waals surface area contributed by atoms with E-state index in [1.807, 2.05) is 0 Å². The van der Waals surface area contributed by atoms with Crippen molar-refractivity contribution in [3.63, 3.8) is 0 Å². The van der Waals surface area contributed by atoms with Crippen molar-refractivity contribution in [2.45, 2.75) is 0 Å². The Kier molecular flexibility index (Phi) is 25.3. The molecule has 0 aromatic heterocycles. The summed E-state index contributed by atoms with van der Waals surface area (Å²) in [6.45, 7) is 0. The van der Waals surface area contributed by atoms with Crippen molar-refractivity contribution in [2.75, 3.05) is 0 Å². The van der Waals surface area contributed by atoms with Crippen molar-refractivity contribution in [2.24, 2.45) is 0 Å². The van der Waals surface area contributed by atoms with Gasteiger partial charge in [-0.2, -0.15) is 0 Å². The maximum Gasteiger partial charge on any atom is 2.00 e. The summed E-state index contributed by atoms with van der Waals surface area (Å²) in [5.74, 6) is 0. The van der Waals surface area contributed by atoms with E-state index in [9.17, 15) is 0 Å². The first-order valence-electron chi connectivity index (χ1n) is 0.651. The summed E-state index contributed by atoms with van der Waals surface area (Å²) in [6.07, 6.45) is 0. The Morgan fingerprint density at radius 3 is 1.50 bits per heavy atom. The van der Waals surface area contributed by atoms with Gasteiger partial charge in [-0.1, -0.05) is 0 Å². The zero-order valence-corrected chi connectivity index (χ0v) is 9.39. The van der Waals surface area contributed by atoms with Crippen LogP contribution in [0.3, 0.4) is 0 Å². The van der Waals surface area contributed by atoms with Gasteiger partial charge < -0.3 is 12.4 Å². The molecule has 0 aliphatic heterocycles. The molecule has 0 aliphatic carbocycles. The SMILES string of the molecule is O=[Si](O)O.[Ca+2].[H-].[H-].[Zn]. The predicted molar refractivity (Wildman–Crippen MR) is 18.9 cm³/mol. The first kappa shape index (κ1) is 15.6. The summed E-state index contributed by atoms with van der Waals surface area (Å²) >= 11 is 0. The summed E-state index contributed by atoms with van der Waals surface area (Å²) < 4.78 is 8.74. The number of rotatable bonds is 0. The van der Waals surface area contributed by atoms with E-state index in [-0.39, 0.29) is 60.1 Å². The minimum Gasteiger partial charge on any atom is -1.00 e. The van der Waals surface area contributed by atoms with Crippen LogP contribution in [0.15, 0.2) is 0 Å². The monoisotopic (exact) mass is 184 g/mol. The Hall–Kier alpha value is 1.50. The molecule has 0 amide bonds. The second kappa shape index (κ2) is 9.71. The van der Waals surface area contributed by atoms with Crippen molar-refractivity contribution < 1.29 is 36.4 Å². The van der Waals surface area contributed by atoms with Crippen LogP contribution >= 0.6 is 0 Å². The molecule has 0 fully saturated rings. The molecule has 0 aliphatic rings. The minimum atomic E-state index is -3.13. The molecule has 0 rings (SSSR count). The van der Waals surface area contributed by atoms with Crippen LogP contribution in [-0.2, 0) is 23.9 Å². The van der Waals surface area contributed by atoms with E-state index >= 15 is 0 Å². The van der Waals surface area contributed by atoms with Crippen molar-refractivity contribution >= 4 is 46.9 Å². The quantitative estimate of drug-likeness (QED) is 0.439. The topological polar surface area (TPSA) is 57.5 Å². The van der Waals surface area contributed by atoms with Gasteiger partial charge >= 0.3 is 46.9 Å². The fourth-order valence-electron chi connectivity index (χ4n) is 0. The van der Waals surface area contributed by atoms with Crippen molar-refractivity contribution in [3.05, 3.63) is 0 Å². The molecule has 0 saturated carbocycles. The summed E-state index contributed by atoms with van der Waals surface area (Å²) in [4.78, 5) is 14.3. The van der Waals surface area contributed by atoms with Gasteiger partial charge in [-0.3, -0.25) is 4.46 Å². The summed E-state index contributed by atoms with van der Waals surface area (Å²) in [6, 6.07) is 0. The summed E-state index contributed by atoms with van der Waals surface area (Å²) in [7, 11) is -3.13. The number of hydrogen-bond acceptors (Lipinski definition) is 1. The largest absolute Gasteiger partial charge is 2.00 e. The summed E-state index contributed by atoms with van der Waals surface area (Å²) in [5, 5.41) is 0. The first-order valence-corrected chi connectivity index (χ1v) is 1.95. The maximum absolute atomic E-state index is 8.74. The zero-order valence-electron chi connectivity index (χ0n) is 5.22. The van der Waals surface area contributed by atoms with E-state index in [1.165, 1.54) is 0 Å². The Balaban J connectivity index is -0.00000000750. The van der Waals surface area contributed by atoms with Crippen LogP contribution in [0, 0.1) is 0 Å². The predicted octanol–water partition coefficient (Wildman–Crippen LogP) is -1.77. The normalized spacial score (nSPS) is 4.00. The molecule has 0 heterocycles. The van der Waals surface area contributed by atoms with Gasteiger partial charge in [0.05, 0.1) is 0 Å². The molecule has 6 heteroatoms. The Bertz CT molecular complexity index is 40.3. The Morgan fingerprint density at radius 2 is 1.50 bits per heavy atom. The van der Waals surface area contributed by atoms with Crippen LogP contribution in [0.25, 0.3) is 0 Å². The van der Waals surface area contributed by atoms with Crippen LogP contribution in [0.4, 0.5) is 0 Å². The molecule has 2 N–H and O–H groups in total. The average molecular weight is 186 g/mol. The molecular formula is H4CaO3SiZn. The van der Waals surface area contributed by atoms with Crippen LogP contribution in [0.5, 0.6) is 0 Å². The summed E-state index contributed by atoms with van der Waals surface area (Å²) in [5.41, 5.74) is 0. The van der Waals surface area contributed by atoms with E-state index < -0.39 is 9.17 Å². The van der Waals surface area contributed by atoms with E-state index in [0.717, 1.165) is 0 Å². The van der Waals surface area contributed by atoms with Crippen molar-refractivity contribution in [1.29, 1.82) is 0 Å². The Labute approximate surface area is 82.4 Å². The third kappa shape index (κ3) is 49.5.